The second-order valence-corrected chi connectivity index (χ2v) is 6.42. The van der Waals surface area contributed by atoms with Gasteiger partial charge in [-0.2, -0.15) is 4.21 Å². The van der Waals surface area contributed by atoms with Crippen LogP contribution in [0.5, 0.6) is 0 Å². The van der Waals surface area contributed by atoms with Gasteiger partial charge < -0.3 is 10.5 Å². The molecule has 0 aliphatic carbocycles. The maximum Gasteiger partial charge on any atom is 0.412 e. The van der Waals surface area contributed by atoms with Crippen LogP contribution in [0.4, 0.5) is 4.79 Å². The van der Waals surface area contributed by atoms with Crippen molar-refractivity contribution in [1.82, 2.24) is 9.88 Å². The number of cyclic esters (lactones) is 1. The molecular weight excluding hydrogens is 402 g/mol. The molecule has 2 heterocycles. The summed E-state index contributed by atoms with van der Waals surface area (Å²) in [6, 6.07) is 10.0. The Morgan fingerprint density at radius 3 is 2.28 bits per heavy atom. The van der Waals surface area contributed by atoms with E-state index in [-0.39, 0.29) is 12.5 Å². The van der Waals surface area contributed by atoms with E-state index < -0.39 is 29.6 Å². The molecule has 0 radical (unpaired) electrons. The summed E-state index contributed by atoms with van der Waals surface area (Å²) in [5.74, 6) is -0.260. The molecule has 0 bridgehead atoms. The van der Waals surface area contributed by atoms with Gasteiger partial charge in [-0.25, -0.2) is 4.79 Å². The van der Waals surface area contributed by atoms with E-state index in [1.54, 1.807) is 24.4 Å². The molecule has 11 heteroatoms. The number of amides is 1. The number of ether oxygens (including phenoxy) is 1. The Kier molecular flexibility index (Phi) is 7.67. The topological polar surface area (TPSA) is 160 Å². The number of benzene rings is 1. The minimum Gasteiger partial charge on any atom is -0.435 e. The Labute approximate surface area is 168 Å². The third-order valence-corrected chi connectivity index (χ3v) is 4.15. The van der Waals surface area contributed by atoms with Crippen LogP contribution in [0.25, 0.3) is 11.1 Å². The van der Waals surface area contributed by atoms with Crippen molar-refractivity contribution < 1.29 is 32.4 Å². The standard InChI is InChI=1S/C18H17N3O4.H2O3S/c1-11(23)17-16(21(10-19)18(24)25-17)15-7-6-14(8-20-15)13-4-2-12(9-22)3-5-13;1-4(2)3/h2-9,16-17H,10,19H2,1H3;(H2,1,2,3). The summed E-state index contributed by atoms with van der Waals surface area (Å²) in [6.45, 7) is 1.30. The van der Waals surface area contributed by atoms with Gasteiger partial charge in [-0.3, -0.25) is 28.6 Å². The molecule has 1 saturated heterocycles. The van der Waals surface area contributed by atoms with Crippen LogP contribution in [0.1, 0.15) is 29.0 Å². The first-order valence-corrected chi connectivity index (χ1v) is 9.34. The normalized spacial score (nSPS) is 18.1. The van der Waals surface area contributed by atoms with Gasteiger partial charge >= 0.3 is 6.09 Å². The van der Waals surface area contributed by atoms with Crippen molar-refractivity contribution in [1.29, 1.82) is 0 Å². The van der Waals surface area contributed by atoms with E-state index in [9.17, 15) is 14.4 Å². The van der Waals surface area contributed by atoms with E-state index in [1.165, 1.54) is 11.8 Å². The van der Waals surface area contributed by atoms with Crippen molar-refractivity contribution in [2.24, 2.45) is 5.73 Å². The molecule has 1 aliphatic heterocycles. The molecule has 4 N–H and O–H groups in total. The number of nitrogens with zero attached hydrogens (tertiary/aromatic N) is 2. The molecule has 1 aromatic carbocycles. The first-order valence-electron chi connectivity index (χ1n) is 8.27. The number of hydrogen-bond donors (Lipinski definition) is 3. The zero-order chi connectivity index (χ0) is 21.6. The molecule has 1 aliphatic rings. The van der Waals surface area contributed by atoms with Crippen molar-refractivity contribution in [3.8, 4) is 11.1 Å². The van der Waals surface area contributed by atoms with Crippen molar-refractivity contribution in [3.63, 3.8) is 0 Å². The molecule has 3 rings (SSSR count). The second kappa shape index (κ2) is 9.98. The fourth-order valence-electron chi connectivity index (χ4n) is 2.83. The molecule has 0 saturated carbocycles. The number of carbonyl (C=O) groups is 3. The van der Waals surface area contributed by atoms with Gasteiger partial charge in [0.2, 0.25) is 0 Å². The average molecular weight is 421 g/mol. The zero-order valence-electron chi connectivity index (χ0n) is 15.3. The Bertz CT molecular complexity index is 899. The molecule has 1 amide bonds. The minimum atomic E-state index is -2.61. The van der Waals surface area contributed by atoms with Gasteiger partial charge in [-0.05, 0) is 18.6 Å². The van der Waals surface area contributed by atoms with Crippen LogP contribution in [-0.2, 0) is 20.9 Å². The van der Waals surface area contributed by atoms with Gasteiger partial charge in [-0.15, -0.1) is 0 Å². The fourth-order valence-corrected chi connectivity index (χ4v) is 2.83. The van der Waals surface area contributed by atoms with Crippen LogP contribution in [0.2, 0.25) is 0 Å². The number of ketones is 1. The maximum atomic E-state index is 11.9. The maximum absolute atomic E-state index is 11.9. The summed E-state index contributed by atoms with van der Waals surface area (Å²) in [4.78, 5) is 40.1. The van der Waals surface area contributed by atoms with Crippen LogP contribution in [-0.4, -0.2) is 54.1 Å². The first kappa shape index (κ1) is 22.3. The number of pyridine rings is 1. The Morgan fingerprint density at radius 1 is 1.24 bits per heavy atom. The van der Waals surface area contributed by atoms with Crippen molar-refractivity contribution in [2.75, 3.05) is 6.67 Å². The SMILES string of the molecule is CC(=O)C1OC(=O)N(CN)C1c1ccc(-c2ccc(C=O)cc2)cn1.O=S(O)O. The van der Waals surface area contributed by atoms with Crippen LogP contribution < -0.4 is 5.73 Å². The minimum absolute atomic E-state index is 0.0656. The van der Waals surface area contributed by atoms with Crippen LogP contribution in [0, 0.1) is 0 Å². The van der Waals surface area contributed by atoms with E-state index in [4.69, 9.17) is 23.8 Å². The molecule has 2 aromatic rings. The number of nitrogens with two attached hydrogens (primary N) is 1. The van der Waals surface area contributed by atoms with Gasteiger partial charge in [0, 0.05) is 17.3 Å². The number of Topliss-reactive ketones (excluding diaryl/α,β-unsaturated/α-hetero) is 1. The van der Waals surface area contributed by atoms with Gasteiger partial charge in [0.15, 0.2) is 11.9 Å². The first-order chi connectivity index (χ1) is 13.8. The van der Waals surface area contributed by atoms with E-state index in [0.717, 1.165) is 17.4 Å². The van der Waals surface area contributed by atoms with Crippen molar-refractivity contribution in [2.45, 2.75) is 19.1 Å². The summed E-state index contributed by atoms with van der Waals surface area (Å²) in [5.41, 5.74) is 8.50. The smallest absolute Gasteiger partial charge is 0.412 e. The molecule has 1 aromatic heterocycles. The van der Waals surface area contributed by atoms with Gasteiger partial charge in [0.05, 0.1) is 12.4 Å². The average Bonchev–Trinajstić information content (AvgIpc) is 3.04. The predicted molar refractivity (Wildman–Crippen MR) is 103 cm³/mol. The number of rotatable bonds is 5. The highest BCUT2D eigenvalue weighted by Gasteiger charge is 2.45. The molecule has 10 nitrogen and oxygen atoms in total. The lowest BCUT2D eigenvalue weighted by Crippen LogP contribution is -2.36. The van der Waals surface area contributed by atoms with Gasteiger partial charge in [0.25, 0.3) is 11.4 Å². The fraction of sp³-hybridized carbons (Fsp3) is 0.222. The Hall–Kier alpha value is -2.99. The Morgan fingerprint density at radius 2 is 1.83 bits per heavy atom. The molecule has 29 heavy (non-hydrogen) atoms. The lowest BCUT2D eigenvalue weighted by Gasteiger charge is -2.21. The number of hydrogen-bond acceptors (Lipinski definition) is 7. The lowest BCUT2D eigenvalue weighted by molar-refractivity contribution is -0.124. The van der Waals surface area contributed by atoms with E-state index >= 15 is 0 Å². The van der Waals surface area contributed by atoms with Crippen molar-refractivity contribution >= 4 is 29.5 Å². The van der Waals surface area contributed by atoms with E-state index in [1.807, 2.05) is 18.2 Å². The van der Waals surface area contributed by atoms with Gasteiger partial charge in [-0.1, -0.05) is 30.3 Å². The van der Waals surface area contributed by atoms with Crippen LogP contribution in [0.3, 0.4) is 0 Å². The largest absolute Gasteiger partial charge is 0.435 e. The monoisotopic (exact) mass is 421 g/mol. The van der Waals surface area contributed by atoms with E-state index in [2.05, 4.69) is 4.98 Å². The van der Waals surface area contributed by atoms with Crippen LogP contribution >= 0.6 is 0 Å². The van der Waals surface area contributed by atoms with Gasteiger partial charge in [0.1, 0.15) is 12.3 Å². The number of carbonyl (C=O) groups excluding carboxylic acids is 3. The summed E-state index contributed by atoms with van der Waals surface area (Å²) in [6.07, 6.45) is 0.898. The molecule has 1 fully saturated rings. The third kappa shape index (κ3) is 5.51. The second-order valence-electron chi connectivity index (χ2n) is 5.95. The summed E-state index contributed by atoms with van der Waals surface area (Å²) >= 11 is -2.61. The lowest BCUT2D eigenvalue weighted by atomic mass is 10.0. The molecule has 0 spiro atoms. The quantitative estimate of drug-likeness (QED) is 0.481. The third-order valence-electron chi connectivity index (χ3n) is 4.15. The molecule has 2 atom stereocenters. The number of aldehydes is 1. The highest BCUT2D eigenvalue weighted by atomic mass is 32.2. The van der Waals surface area contributed by atoms with Crippen molar-refractivity contribution in [3.05, 3.63) is 53.9 Å². The van der Waals surface area contributed by atoms with E-state index in [0.29, 0.717) is 11.3 Å². The summed E-state index contributed by atoms with van der Waals surface area (Å²) < 4.78 is 28.0. The number of aromatic nitrogens is 1. The summed E-state index contributed by atoms with van der Waals surface area (Å²) in [5, 5.41) is 0. The molecular formula is C18H19N3O7S. The molecule has 2 unspecified atom stereocenters. The Balaban J connectivity index is 0.000000687. The molecule has 154 valence electrons. The summed E-state index contributed by atoms with van der Waals surface area (Å²) in [7, 11) is 0. The highest BCUT2D eigenvalue weighted by Crippen LogP contribution is 2.33. The predicted octanol–water partition coefficient (Wildman–Crippen LogP) is 1.61. The zero-order valence-corrected chi connectivity index (χ0v) is 16.1. The highest BCUT2D eigenvalue weighted by molar-refractivity contribution is 7.73. The van der Waals surface area contributed by atoms with Crippen LogP contribution in [0.15, 0.2) is 42.6 Å².